The summed E-state index contributed by atoms with van der Waals surface area (Å²) in [7, 11) is -3.49. The van der Waals surface area contributed by atoms with E-state index in [0.717, 1.165) is 17.7 Å². The highest BCUT2D eigenvalue weighted by atomic mass is 32.2. The smallest absolute Gasteiger partial charge is 0.240 e. The van der Waals surface area contributed by atoms with Gasteiger partial charge in [-0.3, -0.25) is 0 Å². The van der Waals surface area contributed by atoms with Crippen LogP contribution in [0.4, 0.5) is 0 Å². The number of ether oxygens (including phenoxy) is 1. The van der Waals surface area contributed by atoms with Crippen molar-refractivity contribution in [1.82, 2.24) is 4.72 Å². The molecule has 0 unspecified atom stereocenters. The van der Waals surface area contributed by atoms with Crippen LogP contribution in [-0.2, 0) is 14.8 Å². The van der Waals surface area contributed by atoms with E-state index in [2.05, 4.69) is 16.9 Å². The SMILES string of the molecule is O=S(=O)(NCC1(Sc2ccccc2)CCOCC1)c1ccccc1. The van der Waals surface area contributed by atoms with Crippen molar-refractivity contribution in [3.63, 3.8) is 0 Å². The summed E-state index contributed by atoms with van der Waals surface area (Å²) in [4.78, 5) is 1.45. The molecular weight excluding hydrogens is 342 g/mol. The third-order valence-corrected chi connectivity index (χ3v) is 7.03. The molecule has 3 rings (SSSR count). The van der Waals surface area contributed by atoms with Crippen molar-refractivity contribution in [2.45, 2.75) is 27.4 Å². The Bertz CT molecular complexity index is 742. The normalized spacial score (nSPS) is 17.5. The van der Waals surface area contributed by atoms with Crippen molar-refractivity contribution < 1.29 is 13.2 Å². The highest BCUT2D eigenvalue weighted by Gasteiger charge is 2.35. The molecule has 1 saturated heterocycles. The lowest BCUT2D eigenvalue weighted by atomic mass is 9.99. The Hall–Kier alpha value is -1.34. The maximum atomic E-state index is 12.5. The van der Waals surface area contributed by atoms with Crippen molar-refractivity contribution >= 4 is 21.8 Å². The molecule has 1 aliphatic rings. The Morgan fingerprint density at radius 2 is 1.54 bits per heavy atom. The second kappa shape index (κ2) is 7.70. The minimum atomic E-state index is -3.49. The first-order chi connectivity index (χ1) is 11.6. The van der Waals surface area contributed by atoms with E-state index in [1.54, 1.807) is 36.0 Å². The third-order valence-electron chi connectivity index (χ3n) is 4.12. The predicted octanol–water partition coefficient (Wildman–Crippen LogP) is 3.31. The third kappa shape index (κ3) is 4.39. The van der Waals surface area contributed by atoms with Crippen molar-refractivity contribution in [2.24, 2.45) is 0 Å². The molecule has 0 amide bonds. The molecule has 0 aromatic heterocycles. The van der Waals surface area contributed by atoms with Crippen LogP contribution in [0.5, 0.6) is 0 Å². The first-order valence-electron chi connectivity index (χ1n) is 7.96. The van der Waals surface area contributed by atoms with E-state index < -0.39 is 10.0 Å². The van der Waals surface area contributed by atoms with Crippen molar-refractivity contribution in [3.8, 4) is 0 Å². The molecule has 0 saturated carbocycles. The molecule has 1 aliphatic heterocycles. The summed E-state index contributed by atoms with van der Waals surface area (Å²) in [5.41, 5.74) is 0. The van der Waals surface area contributed by atoms with Gasteiger partial charge in [0.25, 0.3) is 0 Å². The summed E-state index contributed by atoms with van der Waals surface area (Å²) in [6.45, 7) is 1.72. The molecule has 1 heterocycles. The van der Waals surface area contributed by atoms with Gasteiger partial charge in [0.2, 0.25) is 10.0 Å². The van der Waals surface area contributed by atoms with Crippen molar-refractivity contribution in [2.75, 3.05) is 19.8 Å². The molecule has 0 spiro atoms. The fourth-order valence-corrected chi connectivity index (χ4v) is 5.25. The molecule has 0 aliphatic carbocycles. The van der Waals surface area contributed by atoms with Gasteiger partial charge in [-0.05, 0) is 37.1 Å². The van der Waals surface area contributed by atoms with Crippen LogP contribution in [0.3, 0.4) is 0 Å². The highest BCUT2D eigenvalue weighted by molar-refractivity contribution is 8.00. The predicted molar refractivity (Wildman–Crippen MR) is 96.7 cm³/mol. The first-order valence-corrected chi connectivity index (χ1v) is 10.3. The van der Waals surface area contributed by atoms with Crippen LogP contribution >= 0.6 is 11.8 Å². The Labute approximate surface area is 147 Å². The zero-order chi connectivity index (χ0) is 16.9. The molecule has 2 aromatic rings. The van der Waals surface area contributed by atoms with Crippen LogP contribution in [0.25, 0.3) is 0 Å². The standard InChI is InChI=1S/C18H21NO3S2/c20-24(21,17-9-5-2-6-10-17)19-15-18(11-13-22-14-12-18)23-16-7-3-1-4-8-16/h1-10,19H,11-15H2. The second-order valence-electron chi connectivity index (χ2n) is 5.85. The maximum absolute atomic E-state index is 12.5. The molecule has 0 atom stereocenters. The van der Waals surface area contributed by atoms with E-state index in [1.165, 1.54) is 0 Å². The Morgan fingerprint density at radius 3 is 2.17 bits per heavy atom. The van der Waals surface area contributed by atoms with E-state index >= 15 is 0 Å². The maximum Gasteiger partial charge on any atom is 0.240 e. The van der Waals surface area contributed by atoms with Crippen LogP contribution in [0.2, 0.25) is 0 Å². The van der Waals surface area contributed by atoms with Gasteiger partial charge in [0.15, 0.2) is 0 Å². The average Bonchev–Trinajstić information content (AvgIpc) is 2.63. The summed E-state index contributed by atoms with van der Waals surface area (Å²) in [6, 6.07) is 18.6. The molecule has 24 heavy (non-hydrogen) atoms. The lowest BCUT2D eigenvalue weighted by Gasteiger charge is -2.36. The molecule has 128 valence electrons. The van der Waals surface area contributed by atoms with E-state index in [-0.39, 0.29) is 4.75 Å². The first kappa shape index (κ1) is 17.5. The van der Waals surface area contributed by atoms with Crippen molar-refractivity contribution in [3.05, 3.63) is 60.7 Å². The molecule has 6 heteroatoms. The highest BCUT2D eigenvalue weighted by Crippen LogP contribution is 2.40. The molecule has 1 N–H and O–H groups in total. The van der Waals surface area contributed by atoms with Gasteiger partial charge in [0.05, 0.1) is 4.90 Å². The number of rotatable bonds is 6. The summed E-state index contributed by atoms with van der Waals surface area (Å²) >= 11 is 1.74. The van der Waals surface area contributed by atoms with Crippen LogP contribution in [-0.4, -0.2) is 32.9 Å². The van der Waals surface area contributed by atoms with Crippen LogP contribution in [0.1, 0.15) is 12.8 Å². The molecule has 0 radical (unpaired) electrons. The van der Waals surface area contributed by atoms with E-state index in [4.69, 9.17) is 4.74 Å². The molecular formula is C18H21NO3S2. The van der Waals surface area contributed by atoms with Crippen LogP contribution < -0.4 is 4.72 Å². The number of nitrogens with one attached hydrogen (secondary N) is 1. The Balaban J connectivity index is 1.75. The van der Waals surface area contributed by atoms with Gasteiger partial charge in [0.1, 0.15) is 0 Å². The van der Waals surface area contributed by atoms with Crippen LogP contribution in [0.15, 0.2) is 70.5 Å². The molecule has 1 fully saturated rings. The lowest BCUT2D eigenvalue weighted by molar-refractivity contribution is 0.0784. The minimum absolute atomic E-state index is 0.179. The average molecular weight is 364 g/mol. The number of sulfonamides is 1. The topological polar surface area (TPSA) is 55.4 Å². The van der Waals surface area contributed by atoms with Crippen molar-refractivity contribution in [1.29, 1.82) is 0 Å². The monoisotopic (exact) mass is 363 g/mol. The van der Waals surface area contributed by atoms with Gasteiger partial charge in [-0.25, -0.2) is 13.1 Å². The summed E-state index contributed by atoms with van der Waals surface area (Å²) in [5.74, 6) is 0. The van der Waals surface area contributed by atoms with E-state index in [0.29, 0.717) is 24.7 Å². The van der Waals surface area contributed by atoms with Gasteiger partial charge < -0.3 is 4.74 Å². The zero-order valence-electron chi connectivity index (χ0n) is 13.4. The zero-order valence-corrected chi connectivity index (χ0v) is 15.0. The van der Waals surface area contributed by atoms with E-state index in [9.17, 15) is 8.42 Å². The summed E-state index contributed by atoms with van der Waals surface area (Å²) in [6.07, 6.45) is 1.65. The molecule has 2 aromatic carbocycles. The van der Waals surface area contributed by atoms with Crippen LogP contribution in [0, 0.1) is 0 Å². The number of thioether (sulfide) groups is 1. The Morgan fingerprint density at radius 1 is 0.958 bits per heavy atom. The number of hydrogen-bond acceptors (Lipinski definition) is 4. The number of benzene rings is 2. The summed E-state index contributed by atoms with van der Waals surface area (Å²) < 4.78 is 33.1. The fraction of sp³-hybridized carbons (Fsp3) is 0.333. The van der Waals surface area contributed by atoms with Gasteiger partial charge in [-0.2, -0.15) is 0 Å². The van der Waals surface area contributed by atoms with Gasteiger partial charge in [-0.1, -0.05) is 36.4 Å². The minimum Gasteiger partial charge on any atom is -0.381 e. The molecule has 4 nitrogen and oxygen atoms in total. The quantitative estimate of drug-likeness (QED) is 0.855. The largest absolute Gasteiger partial charge is 0.381 e. The van der Waals surface area contributed by atoms with Gasteiger partial charge in [0, 0.05) is 29.4 Å². The molecule has 0 bridgehead atoms. The second-order valence-corrected chi connectivity index (χ2v) is 9.16. The van der Waals surface area contributed by atoms with E-state index in [1.807, 2.05) is 24.3 Å². The summed E-state index contributed by atoms with van der Waals surface area (Å²) in [5, 5.41) is 0. The Kier molecular flexibility index (Phi) is 5.61. The lowest BCUT2D eigenvalue weighted by Crippen LogP contribution is -2.44. The van der Waals surface area contributed by atoms with Gasteiger partial charge >= 0.3 is 0 Å². The number of hydrogen-bond donors (Lipinski definition) is 1. The van der Waals surface area contributed by atoms with Gasteiger partial charge in [-0.15, -0.1) is 11.8 Å². The fourth-order valence-electron chi connectivity index (χ4n) is 2.71.